The normalized spacial score (nSPS) is 13.0. The van der Waals surface area contributed by atoms with Crippen LogP contribution in [0, 0.1) is 11.3 Å². The summed E-state index contributed by atoms with van der Waals surface area (Å²) in [6.07, 6.45) is 0. The highest BCUT2D eigenvalue weighted by Gasteiger charge is 2.29. The molecule has 0 saturated heterocycles. The van der Waals surface area contributed by atoms with E-state index in [1.165, 1.54) is 0 Å². The highest BCUT2D eigenvalue weighted by atomic mass is 16.5. The molecule has 0 unspecified atom stereocenters. The van der Waals surface area contributed by atoms with E-state index in [1.54, 1.807) is 24.1 Å². The molecule has 0 atom stereocenters. The van der Waals surface area contributed by atoms with Gasteiger partial charge in [0.2, 0.25) is 0 Å². The molecule has 0 bridgehead atoms. The molecule has 1 aliphatic heterocycles. The minimum Gasteiger partial charge on any atom is -0.497 e. The van der Waals surface area contributed by atoms with Gasteiger partial charge in [-0.2, -0.15) is 5.26 Å². The average molecular weight is 279 g/mol. The van der Waals surface area contributed by atoms with Crippen molar-refractivity contribution in [1.82, 2.24) is 9.88 Å². The van der Waals surface area contributed by atoms with Crippen molar-refractivity contribution in [1.29, 1.82) is 5.26 Å². The van der Waals surface area contributed by atoms with Gasteiger partial charge in [-0.25, -0.2) is 4.98 Å². The molecule has 0 aliphatic carbocycles. The first-order chi connectivity index (χ1) is 10.2. The SMILES string of the molecule is COc1ccc(CN2Cc3ccc(C#N)nc3C2=O)cc1. The van der Waals surface area contributed by atoms with E-state index in [0.29, 0.717) is 18.8 Å². The third-order valence-electron chi connectivity index (χ3n) is 3.48. The van der Waals surface area contributed by atoms with Gasteiger partial charge in [-0.1, -0.05) is 18.2 Å². The number of fused-ring (bicyclic) bond motifs is 1. The molecule has 5 heteroatoms. The molecule has 0 N–H and O–H groups in total. The van der Waals surface area contributed by atoms with E-state index in [2.05, 4.69) is 4.98 Å². The van der Waals surface area contributed by atoms with Gasteiger partial charge in [0.25, 0.3) is 5.91 Å². The van der Waals surface area contributed by atoms with E-state index in [4.69, 9.17) is 10.00 Å². The number of ether oxygens (including phenoxy) is 1. The van der Waals surface area contributed by atoms with Crippen molar-refractivity contribution in [3.05, 3.63) is 58.9 Å². The summed E-state index contributed by atoms with van der Waals surface area (Å²) >= 11 is 0. The first-order valence-corrected chi connectivity index (χ1v) is 6.53. The fourth-order valence-electron chi connectivity index (χ4n) is 2.37. The van der Waals surface area contributed by atoms with Crippen LogP contribution < -0.4 is 4.74 Å². The largest absolute Gasteiger partial charge is 0.497 e. The number of hydrogen-bond acceptors (Lipinski definition) is 4. The molecule has 104 valence electrons. The Labute approximate surface area is 122 Å². The van der Waals surface area contributed by atoms with Crippen LogP contribution in [0.2, 0.25) is 0 Å². The van der Waals surface area contributed by atoms with Gasteiger partial charge in [0.05, 0.1) is 7.11 Å². The first kappa shape index (κ1) is 13.1. The van der Waals surface area contributed by atoms with E-state index < -0.39 is 0 Å². The minimum absolute atomic E-state index is 0.127. The Morgan fingerprint density at radius 3 is 2.71 bits per heavy atom. The van der Waals surface area contributed by atoms with Crippen LogP contribution in [-0.4, -0.2) is 22.9 Å². The van der Waals surface area contributed by atoms with Gasteiger partial charge in [-0.05, 0) is 23.8 Å². The van der Waals surface area contributed by atoms with Gasteiger partial charge in [0.15, 0.2) is 0 Å². The molecule has 21 heavy (non-hydrogen) atoms. The molecule has 2 heterocycles. The summed E-state index contributed by atoms with van der Waals surface area (Å²) in [5.41, 5.74) is 2.56. The summed E-state index contributed by atoms with van der Waals surface area (Å²) in [5, 5.41) is 8.86. The maximum absolute atomic E-state index is 12.3. The van der Waals surface area contributed by atoms with Gasteiger partial charge < -0.3 is 9.64 Å². The Bertz CT molecular complexity index is 732. The molecule has 1 aromatic heterocycles. The Kier molecular flexibility index (Phi) is 3.28. The lowest BCUT2D eigenvalue weighted by atomic mass is 10.2. The number of carbonyl (C=O) groups is 1. The maximum atomic E-state index is 12.3. The fraction of sp³-hybridized carbons (Fsp3) is 0.188. The molecule has 3 rings (SSSR count). The van der Waals surface area contributed by atoms with Crippen LogP contribution in [0.4, 0.5) is 0 Å². The molecular weight excluding hydrogens is 266 g/mol. The Balaban J connectivity index is 1.79. The molecule has 0 radical (unpaired) electrons. The van der Waals surface area contributed by atoms with Crippen LogP contribution in [0.5, 0.6) is 5.75 Å². The molecule has 0 saturated carbocycles. The smallest absolute Gasteiger partial charge is 0.273 e. The molecule has 1 aromatic carbocycles. The zero-order valence-corrected chi connectivity index (χ0v) is 11.5. The van der Waals surface area contributed by atoms with Gasteiger partial charge in [0, 0.05) is 18.7 Å². The van der Waals surface area contributed by atoms with E-state index in [-0.39, 0.29) is 11.6 Å². The Morgan fingerprint density at radius 2 is 2.05 bits per heavy atom. The lowest BCUT2D eigenvalue weighted by Gasteiger charge is -2.15. The van der Waals surface area contributed by atoms with Gasteiger partial charge in [-0.15, -0.1) is 0 Å². The zero-order chi connectivity index (χ0) is 14.8. The van der Waals surface area contributed by atoms with Crippen molar-refractivity contribution in [3.63, 3.8) is 0 Å². The lowest BCUT2D eigenvalue weighted by Crippen LogP contribution is -2.23. The van der Waals surface area contributed by atoms with E-state index in [1.807, 2.05) is 30.3 Å². The quantitative estimate of drug-likeness (QED) is 0.863. The number of carbonyl (C=O) groups excluding carboxylic acids is 1. The summed E-state index contributed by atoms with van der Waals surface area (Å²) < 4.78 is 5.12. The van der Waals surface area contributed by atoms with Crippen molar-refractivity contribution >= 4 is 5.91 Å². The summed E-state index contributed by atoms with van der Waals surface area (Å²) in [5.74, 6) is 0.660. The highest BCUT2D eigenvalue weighted by molar-refractivity contribution is 5.96. The second-order valence-corrected chi connectivity index (χ2v) is 4.83. The number of pyridine rings is 1. The summed E-state index contributed by atoms with van der Waals surface area (Å²) in [6, 6.07) is 13.0. The number of nitriles is 1. The molecule has 2 aromatic rings. The van der Waals surface area contributed by atoms with Crippen LogP contribution in [0.1, 0.15) is 27.3 Å². The van der Waals surface area contributed by atoms with E-state index in [0.717, 1.165) is 16.9 Å². The summed E-state index contributed by atoms with van der Waals surface area (Å²) in [6.45, 7) is 1.04. The van der Waals surface area contributed by atoms with Crippen molar-refractivity contribution in [3.8, 4) is 11.8 Å². The number of aromatic nitrogens is 1. The third-order valence-corrected chi connectivity index (χ3v) is 3.48. The van der Waals surface area contributed by atoms with Crippen molar-refractivity contribution in [2.24, 2.45) is 0 Å². The molecular formula is C16H13N3O2. The van der Waals surface area contributed by atoms with Crippen molar-refractivity contribution in [2.45, 2.75) is 13.1 Å². The van der Waals surface area contributed by atoms with Crippen LogP contribution >= 0.6 is 0 Å². The Hall–Kier alpha value is -2.87. The van der Waals surface area contributed by atoms with Crippen molar-refractivity contribution in [2.75, 3.05) is 7.11 Å². The number of nitrogens with zero attached hydrogens (tertiary/aromatic N) is 3. The fourth-order valence-corrected chi connectivity index (χ4v) is 2.37. The minimum atomic E-state index is -0.127. The molecule has 5 nitrogen and oxygen atoms in total. The second-order valence-electron chi connectivity index (χ2n) is 4.83. The predicted molar refractivity (Wildman–Crippen MR) is 75.5 cm³/mol. The highest BCUT2D eigenvalue weighted by Crippen LogP contribution is 2.23. The monoisotopic (exact) mass is 279 g/mol. The number of methoxy groups -OCH3 is 1. The Morgan fingerprint density at radius 1 is 1.29 bits per heavy atom. The van der Waals surface area contributed by atoms with Crippen molar-refractivity contribution < 1.29 is 9.53 Å². The van der Waals surface area contributed by atoms with Crippen LogP contribution in [0.25, 0.3) is 0 Å². The van der Waals surface area contributed by atoms with E-state index >= 15 is 0 Å². The number of hydrogen-bond donors (Lipinski definition) is 0. The van der Waals surface area contributed by atoms with Gasteiger partial charge >= 0.3 is 0 Å². The van der Waals surface area contributed by atoms with Crippen LogP contribution in [-0.2, 0) is 13.1 Å². The van der Waals surface area contributed by atoms with Crippen LogP contribution in [0.15, 0.2) is 36.4 Å². The summed E-state index contributed by atoms with van der Waals surface area (Å²) in [7, 11) is 1.62. The molecule has 1 aliphatic rings. The topological polar surface area (TPSA) is 66.2 Å². The average Bonchev–Trinajstić information content (AvgIpc) is 2.84. The first-order valence-electron chi connectivity index (χ1n) is 6.53. The van der Waals surface area contributed by atoms with Crippen LogP contribution in [0.3, 0.4) is 0 Å². The molecule has 1 amide bonds. The molecule has 0 spiro atoms. The number of rotatable bonds is 3. The van der Waals surface area contributed by atoms with Gasteiger partial charge in [0.1, 0.15) is 23.2 Å². The van der Waals surface area contributed by atoms with E-state index in [9.17, 15) is 4.79 Å². The zero-order valence-electron chi connectivity index (χ0n) is 11.5. The maximum Gasteiger partial charge on any atom is 0.273 e. The third kappa shape index (κ3) is 2.43. The lowest BCUT2D eigenvalue weighted by molar-refractivity contribution is 0.0762. The van der Waals surface area contributed by atoms with Gasteiger partial charge in [-0.3, -0.25) is 4.79 Å². The standard InChI is InChI=1S/C16H13N3O2/c1-21-14-6-2-11(3-7-14)9-19-10-12-4-5-13(8-17)18-15(12)16(19)20/h2-7H,9-10H2,1H3. The number of amides is 1. The predicted octanol–water partition coefficient (Wildman–Crippen LogP) is 2.12. The number of benzene rings is 1. The molecule has 0 fully saturated rings. The summed E-state index contributed by atoms with van der Waals surface area (Å²) in [4.78, 5) is 18.1. The second kappa shape index (κ2) is 5.25.